The average Bonchev–Trinajstić information content (AvgIpc) is 3.46. The first-order chi connectivity index (χ1) is 18.9. The van der Waals surface area contributed by atoms with E-state index in [0.717, 1.165) is 32.0 Å². The summed E-state index contributed by atoms with van der Waals surface area (Å²) in [6, 6.07) is 0. The number of methoxy groups -OCH3 is 1. The number of hydrogen-bond acceptors (Lipinski definition) is 9. The number of ether oxygens (including phenoxy) is 3. The molecule has 1 aliphatic heterocycles. The standard InChI is InChI=1S/C31H46O9/c1-17-24(34)26(38-3)25(35)27(39-17)40-20-6-11-29(16-32)22-7-10-28(2)21(18-4-5-19(33)14-18)9-13-31(28,37)23(22)8-12-30(29,36)15-20/h14,16-17,20-27,34-37H,4-13,15H2,1-3H3/t17-,20+,21-,22+,23-,24+,25-,26+,27+,28-,29+,30+,31+/m1/s1. The molecule has 4 saturated carbocycles. The molecule has 4 N–H and O–H groups in total. The van der Waals surface area contributed by atoms with Crippen LogP contribution in [0.25, 0.3) is 0 Å². The molecule has 9 heteroatoms. The summed E-state index contributed by atoms with van der Waals surface area (Å²) in [5, 5.41) is 45.7. The smallest absolute Gasteiger partial charge is 0.186 e. The fourth-order valence-corrected chi connectivity index (χ4v) is 10.3. The number of aldehydes is 1. The normalized spacial score (nSPS) is 54.3. The maximum absolute atomic E-state index is 13.0. The van der Waals surface area contributed by atoms with Gasteiger partial charge in [0, 0.05) is 25.4 Å². The van der Waals surface area contributed by atoms with Crippen molar-refractivity contribution in [2.75, 3.05) is 7.11 Å². The predicted octanol–water partition coefficient (Wildman–Crippen LogP) is 2.21. The lowest BCUT2D eigenvalue weighted by molar-refractivity contribution is -0.319. The number of rotatable bonds is 5. The van der Waals surface area contributed by atoms with Gasteiger partial charge in [0.25, 0.3) is 0 Å². The Balaban J connectivity index is 1.22. The summed E-state index contributed by atoms with van der Waals surface area (Å²) >= 11 is 0. The van der Waals surface area contributed by atoms with Gasteiger partial charge in [-0.05, 0) is 88.5 Å². The molecule has 0 aromatic carbocycles. The Morgan fingerprint density at radius 2 is 1.75 bits per heavy atom. The van der Waals surface area contributed by atoms with E-state index in [-0.39, 0.29) is 35.4 Å². The van der Waals surface area contributed by atoms with Crippen LogP contribution in [-0.2, 0) is 23.8 Å². The van der Waals surface area contributed by atoms with Crippen LogP contribution in [-0.4, -0.2) is 87.6 Å². The molecule has 0 spiro atoms. The third kappa shape index (κ3) is 3.91. The predicted molar refractivity (Wildman–Crippen MR) is 143 cm³/mol. The summed E-state index contributed by atoms with van der Waals surface area (Å²) in [6.45, 7) is 3.88. The van der Waals surface area contributed by atoms with E-state index in [1.807, 2.05) is 6.08 Å². The van der Waals surface area contributed by atoms with Crippen LogP contribution in [0.1, 0.15) is 84.5 Å². The first kappa shape index (κ1) is 28.9. The first-order valence-corrected chi connectivity index (χ1v) is 15.3. The average molecular weight is 563 g/mol. The SMILES string of the molecule is CO[C@H]1[C@@H](O)[C@@H](C)O[C@@H](O[C@H]2CC[C@]3(C=O)[C@H]4CC[C@]5(C)[C@@H](C6=CC(=O)CC6)CC[C@]5(O)[C@@H]4CC[C@]3(O)C2)[C@@H]1O. The zero-order valence-electron chi connectivity index (χ0n) is 24.0. The quantitative estimate of drug-likeness (QED) is 0.293. The highest BCUT2D eigenvalue weighted by atomic mass is 16.7. The first-order valence-electron chi connectivity index (χ1n) is 15.3. The molecule has 13 atom stereocenters. The largest absolute Gasteiger partial charge is 0.389 e. The molecule has 6 aliphatic rings. The van der Waals surface area contributed by atoms with E-state index >= 15 is 0 Å². The lowest BCUT2D eigenvalue weighted by Gasteiger charge is -2.65. The number of aliphatic hydroxyl groups excluding tert-OH is 2. The number of aliphatic hydroxyl groups is 4. The van der Waals surface area contributed by atoms with Crippen molar-refractivity contribution in [3.05, 3.63) is 11.6 Å². The van der Waals surface area contributed by atoms with Crippen molar-refractivity contribution in [2.24, 2.45) is 28.6 Å². The van der Waals surface area contributed by atoms with E-state index in [9.17, 15) is 30.0 Å². The van der Waals surface area contributed by atoms with Crippen molar-refractivity contribution in [3.63, 3.8) is 0 Å². The van der Waals surface area contributed by atoms with Gasteiger partial charge in [0.05, 0.1) is 28.8 Å². The molecular weight excluding hydrogens is 516 g/mol. The third-order valence-electron chi connectivity index (χ3n) is 12.5. The van der Waals surface area contributed by atoms with Crippen LogP contribution in [0, 0.1) is 28.6 Å². The number of hydrogen-bond donors (Lipinski definition) is 4. The Morgan fingerprint density at radius 1 is 1.00 bits per heavy atom. The van der Waals surface area contributed by atoms with Crippen molar-refractivity contribution in [1.82, 2.24) is 0 Å². The number of carbonyl (C=O) groups is 2. The van der Waals surface area contributed by atoms with Gasteiger partial charge in [-0.3, -0.25) is 4.79 Å². The summed E-state index contributed by atoms with van der Waals surface area (Å²) in [7, 11) is 1.42. The van der Waals surface area contributed by atoms with Gasteiger partial charge in [0.15, 0.2) is 12.1 Å². The second-order valence-electron chi connectivity index (χ2n) is 14.0. The molecule has 1 saturated heterocycles. The minimum atomic E-state index is -1.28. The maximum Gasteiger partial charge on any atom is 0.186 e. The monoisotopic (exact) mass is 562 g/mol. The van der Waals surface area contributed by atoms with E-state index < -0.39 is 53.4 Å². The van der Waals surface area contributed by atoms with Gasteiger partial charge in [0.1, 0.15) is 24.6 Å². The molecule has 0 aromatic rings. The number of carbonyl (C=O) groups excluding carboxylic acids is 2. The Kier molecular flexibility index (Phi) is 7.17. The van der Waals surface area contributed by atoms with Crippen LogP contribution in [0.3, 0.4) is 0 Å². The summed E-state index contributed by atoms with van der Waals surface area (Å²) in [6.07, 6.45) is 4.26. The number of allylic oxidation sites excluding steroid dienone is 2. The molecule has 0 radical (unpaired) electrons. The van der Waals surface area contributed by atoms with Crippen LogP contribution in [0.2, 0.25) is 0 Å². The lowest BCUT2D eigenvalue weighted by atomic mass is 9.41. The summed E-state index contributed by atoms with van der Waals surface area (Å²) < 4.78 is 17.3. The molecule has 1 heterocycles. The molecule has 0 bridgehead atoms. The van der Waals surface area contributed by atoms with Crippen LogP contribution >= 0.6 is 0 Å². The zero-order chi connectivity index (χ0) is 28.7. The van der Waals surface area contributed by atoms with Gasteiger partial charge < -0.3 is 39.4 Å². The fourth-order valence-electron chi connectivity index (χ4n) is 10.3. The van der Waals surface area contributed by atoms with E-state index in [1.54, 1.807) is 6.92 Å². The van der Waals surface area contributed by atoms with Crippen molar-refractivity contribution < 1.29 is 44.2 Å². The van der Waals surface area contributed by atoms with E-state index in [1.165, 1.54) is 12.7 Å². The van der Waals surface area contributed by atoms with Crippen molar-refractivity contribution >= 4 is 12.1 Å². The van der Waals surface area contributed by atoms with Gasteiger partial charge in [0.2, 0.25) is 0 Å². The molecular formula is C31H46O9. The van der Waals surface area contributed by atoms with Gasteiger partial charge in [-0.1, -0.05) is 12.5 Å². The van der Waals surface area contributed by atoms with E-state index in [4.69, 9.17) is 14.2 Å². The third-order valence-corrected chi connectivity index (χ3v) is 12.5. The minimum Gasteiger partial charge on any atom is -0.389 e. The summed E-state index contributed by atoms with van der Waals surface area (Å²) in [5.74, 6) is 0.134. The Morgan fingerprint density at radius 3 is 2.42 bits per heavy atom. The maximum atomic E-state index is 13.0. The van der Waals surface area contributed by atoms with Crippen molar-refractivity contribution in [3.8, 4) is 0 Å². The molecule has 0 aromatic heterocycles. The Hall–Kier alpha value is -1.20. The number of fused-ring (bicyclic) bond motifs is 5. The van der Waals surface area contributed by atoms with E-state index in [0.29, 0.717) is 38.5 Å². The van der Waals surface area contributed by atoms with Crippen LogP contribution in [0.5, 0.6) is 0 Å². The topological polar surface area (TPSA) is 143 Å². The van der Waals surface area contributed by atoms with Gasteiger partial charge in [-0.25, -0.2) is 0 Å². The molecule has 40 heavy (non-hydrogen) atoms. The molecule has 9 nitrogen and oxygen atoms in total. The van der Waals surface area contributed by atoms with Gasteiger partial charge in [-0.2, -0.15) is 0 Å². The van der Waals surface area contributed by atoms with Crippen molar-refractivity contribution in [2.45, 2.75) is 132 Å². The van der Waals surface area contributed by atoms with Crippen LogP contribution in [0.4, 0.5) is 0 Å². The Labute approximate surface area is 236 Å². The van der Waals surface area contributed by atoms with Crippen LogP contribution in [0.15, 0.2) is 11.6 Å². The molecule has 0 amide bonds. The second-order valence-corrected chi connectivity index (χ2v) is 14.0. The van der Waals surface area contributed by atoms with Crippen molar-refractivity contribution in [1.29, 1.82) is 0 Å². The fraction of sp³-hybridized carbons (Fsp3) is 0.871. The summed E-state index contributed by atoms with van der Waals surface area (Å²) in [5.41, 5.74) is -2.37. The van der Waals surface area contributed by atoms with Crippen LogP contribution < -0.4 is 0 Å². The zero-order valence-corrected chi connectivity index (χ0v) is 24.0. The second kappa shape index (κ2) is 9.93. The highest BCUT2D eigenvalue weighted by Crippen LogP contribution is 2.70. The minimum absolute atomic E-state index is 0.0924. The highest BCUT2D eigenvalue weighted by molar-refractivity contribution is 5.93. The summed E-state index contributed by atoms with van der Waals surface area (Å²) in [4.78, 5) is 25.1. The van der Waals surface area contributed by atoms with Gasteiger partial charge >= 0.3 is 0 Å². The Bertz CT molecular complexity index is 1060. The van der Waals surface area contributed by atoms with Gasteiger partial charge in [-0.15, -0.1) is 0 Å². The molecule has 0 unspecified atom stereocenters. The molecule has 5 aliphatic carbocycles. The number of ketones is 1. The molecule has 5 fully saturated rings. The lowest BCUT2D eigenvalue weighted by Crippen LogP contribution is -2.69. The highest BCUT2D eigenvalue weighted by Gasteiger charge is 2.71. The molecule has 224 valence electrons. The van der Waals surface area contributed by atoms with E-state index in [2.05, 4.69) is 6.92 Å². The molecule has 6 rings (SSSR count).